The number of carbonyl (C=O) groups excluding carboxylic acids is 2. The Bertz CT molecular complexity index is 844. The minimum absolute atomic E-state index is 0.0622. The average Bonchev–Trinajstić information content (AvgIpc) is 3.40. The number of carbonyl (C=O) groups is 2. The van der Waals surface area contributed by atoms with Crippen molar-refractivity contribution in [1.82, 2.24) is 25.4 Å². The van der Waals surface area contributed by atoms with Crippen LogP contribution >= 0.6 is 11.3 Å². The van der Waals surface area contributed by atoms with Gasteiger partial charge in [0, 0.05) is 49.2 Å². The van der Waals surface area contributed by atoms with Crippen LogP contribution < -0.4 is 10.6 Å². The molecule has 0 radical (unpaired) electrons. The first-order chi connectivity index (χ1) is 14.6. The van der Waals surface area contributed by atoms with Gasteiger partial charge in [-0.1, -0.05) is 12.1 Å². The molecule has 3 atom stereocenters. The maximum atomic E-state index is 12.9. The molecule has 2 aromatic rings. The van der Waals surface area contributed by atoms with Gasteiger partial charge < -0.3 is 10.6 Å². The smallest absolute Gasteiger partial charge is 0.239 e. The van der Waals surface area contributed by atoms with Crippen LogP contribution in [0, 0.1) is 0 Å². The molecule has 2 aromatic heterocycles. The zero-order valence-corrected chi connectivity index (χ0v) is 18.1. The number of hydrogen-bond donors (Lipinski definition) is 2. The summed E-state index contributed by atoms with van der Waals surface area (Å²) in [5, 5.41) is 8.13. The molecule has 0 spiro atoms. The minimum Gasteiger partial charge on any atom is -0.353 e. The highest BCUT2D eigenvalue weighted by atomic mass is 32.1. The van der Waals surface area contributed by atoms with Crippen molar-refractivity contribution in [2.75, 3.05) is 20.1 Å². The van der Waals surface area contributed by atoms with E-state index in [2.05, 4.69) is 32.5 Å². The van der Waals surface area contributed by atoms with Gasteiger partial charge in [-0.2, -0.15) is 0 Å². The number of rotatable bonds is 7. The summed E-state index contributed by atoms with van der Waals surface area (Å²) < 4.78 is 0. The number of nitrogens with zero attached hydrogens (tertiary/aromatic N) is 3. The van der Waals surface area contributed by atoms with Crippen LogP contribution in [-0.4, -0.2) is 64.9 Å². The SMILES string of the molecule is CN1[C@@H](CCC(=O)NCc2cccs2)CNC(=O)[C@@H]2[C@H]1CCN2Cc1ccccn1. The number of aromatic nitrogens is 1. The molecular formula is C22H29N5O2S. The Morgan fingerprint density at radius 3 is 3.00 bits per heavy atom. The Morgan fingerprint density at radius 2 is 2.23 bits per heavy atom. The third-order valence-corrected chi connectivity index (χ3v) is 7.06. The van der Waals surface area contributed by atoms with Gasteiger partial charge in [-0.05, 0) is 43.5 Å². The van der Waals surface area contributed by atoms with E-state index in [-0.39, 0.29) is 29.9 Å². The predicted molar refractivity (Wildman–Crippen MR) is 117 cm³/mol. The van der Waals surface area contributed by atoms with Crippen molar-refractivity contribution in [3.63, 3.8) is 0 Å². The summed E-state index contributed by atoms with van der Waals surface area (Å²) in [6.07, 6.45) is 3.94. The van der Waals surface area contributed by atoms with Crippen LogP contribution in [0.4, 0.5) is 0 Å². The van der Waals surface area contributed by atoms with Crippen LogP contribution in [0.3, 0.4) is 0 Å². The van der Waals surface area contributed by atoms with E-state index in [1.165, 1.54) is 0 Å². The first-order valence-electron chi connectivity index (χ1n) is 10.5. The largest absolute Gasteiger partial charge is 0.353 e. The highest BCUT2D eigenvalue weighted by molar-refractivity contribution is 7.09. The van der Waals surface area contributed by atoms with E-state index in [4.69, 9.17) is 0 Å². The molecule has 0 unspecified atom stereocenters. The van der Waals surface area contributed by atoms with Crippen LogP contribution in [0.5, 0.6) is 0 Å². The van der Waals surface area contributed by atoms with Crippen molar-refractivity contribution in [2.45, 2.75) is 50.5 Å². The number of amides is 2. The van der Waals surface area contributed by atoms with Gasteiger partial charge in [0.2, 0.25) is 11.8 Å². The predicted octanol–water partition coefficient (Wildman–Crippen LogP) is 1.61. The number of thiophene rings is 1. The third kappa shape index (κ3) is 4.88. The van der Waals surface area contributed by atoms with Gasteiger partial charge in [0.25, 0.3) is 0 Å². The lowest BCUT2D eigenvalue weighted by Crippen LogP contribution is -2.49. The molecule has 7 nitrogen and oxygen atoms in total. The van der Waals surface area contributed by atoms with E-state index >= 15 is 0 Å². The highest BCUT2D eigenvalue weighted by Gasteiger charge is 2.44. The second kappa shape index (κ2) is 9.68. The summed E-state index contributed by atoms with van der Waals surface area (Å²) in [7, 11) is 2.09. The first kappa shape index (κ1) is 21.0. The topological polar surface area (TPSA) is 77.6 Å². The highest BCUT2D eigenvalue weighted by Crippen LogP contribution is 2.28. The maximum Gasteiger partial charge on any atom is 0.239 e. The Kier molecular flexibility index (Phi) is 6.76. The lowest BCUT2D eigenvalue weighted by molar-refractivity contribution is -0.126. The molecule has 0 aromatic carbocycles. The maximum absolute atomic E-state index is 12.9. The number of likely N-dealkylation sites (N-methyl/N-ethyl adjacent to an activating group) is 1. The Labute approximate surface area is 181 Å². The first-order valence-corrected chi connectivity index (χ1v) is 11.4. The molecule has 4 rings (SSSR count). The van der Waals surface area contributed by atoms with E-state index in [1.807, 2.05) is 35.7 Å². The van der Waals surface area contributed by atoms with Crippen LogP contribution in [-0.2, 0) is 22.7 Å². The Morgan fingerprint density at radius 1 is 1.33 bits per heavy atom. The standard InChI is InChI=1S/C22H29N5O2S/c1-26-17(7-8-20(28)24-14-18-6-4-12-30-18)13-25-22(29)21-19(26)9-11-27(21)15-16-5-2-3-10-23-16/h2-6,10,12,17,19,21H,7-9,11,13-15H2,1H3,(H,24,28)(H,25,29)/t17-,19+,21-/m0/s1. The number of hydrogen-bond acceptors (Lipinski definition) is 6. The monoisotopic (exact) mass is 427 g/mol. The molecule has 2 aliphatic heterocycles. The van der Waals surface area contributed by atoms with Gasteiger partial charge >= 0.3 is 0 Å². The van der Waals surface area contributed by atoms with Gasteiger partial charge in [-0.25, -0.2) is 0 Å². The zero-order chi connectivity index (χ0) is 20.9. The Hall–Kier alpha value is -2.29. The summed E-state index contributed by atoms with van der Waals surface area (Å²) in [4.78, 5) is 35.3. The molecule has 160 valence electrons. The van der Waals surface area contributed by atoms with E-state index < -0.39 is 0 Å². The third-order valence-electron chi connectivity index (χ3n) is 6.19. The van der Waals surface area contributed by atoms with Crippen molar-refractivity contribution >= 4 is 23.2 Å². The van der Waals surface area contributed by atoms with E-state index in [0.29, 0.717) is 26.1 Å². The van der Waals surface area contributed by atoms with Gasteiger partial charge in [0.05, 0.1) is 12.2 Å². The molecule has 30 heavy (non-hydrogen) atoms. The van der Waals surface area contributed by atoms with Crippen molar-refractivity contribution in [1.29, 1.82) is 0 Å². The fourth-order valence-corrected chi connectivity index (χ4v) is 5.16. The van der Waals surface area contributed by atoms with Crippen molar-refractivity contribution in [2.24, 2.45) is 0 Å². The minimum atomic E-state index is -0.172. The molecule has 2 aliphatic rings. The van der Waals surface area contributed by atoms with Crippen LogP contribution in [0.15, 0.2) is 41.9 Å². The van der Waals surface area contributed by atoms with Crippen molar-refractivity contribution < 1.29 is 9.59 Å². The quantitative estimate of drug-likeness (QED) is 0.702. The van der Waals surface area contributed by atoms with E-state index in [1.54, 1.807) is 17.5 Å². The van der Waals surface area contributed by atoms with Gasteiger partial charge in [0.1, 0.15) is 6.04 Å². The molecule has 2 N–H and O–H groups in total. The fourth-order valence-electron chi connectivity index (χ4n) is 4.51. The van der Waals surface area contributed by atoms with Gasteiger partial charge in [0.15, 0.2) is 0 Å². The lowest BCUT2D eigenvalue weighted by atomic mass is 10.0. The lowest BCUT2D eigenvalue weighted by Gasteiger charge is -2.33. The zero-order valence-electron chi connectivity index (χ0n) is 17.3. The fraction of sp³-hybridized carbons (Fsp3) is 0.500. The normalized spacial score (nSPS) is 24.8. The van der Waals surface area contributed by atoms with E-state index in [9.17, 15) is 9.59 Å². The molecule has 2 fully saturated rings. The Balaban J connectivity index is 1.33. The molecule has 0 aliphatic carbocycles. The summed E-state index contributed by atoms with van der Waals surface area (Å²) in [6, 6.07) is 10.1. The van der Waals surface area contributed by atoms with Crippen LogP contribution in [0.2, 0.25) is 0 Å². The van der Waals surface area contributed by atoms with Gasteiger partial charge in [-0.3, -0.25) is 24.4 Å². The molecule has 2 amide bonds. The molecule has 0 bridgehead atoms. The molecule has 8 heteroatoms. The van der Waals surface area contributed by atoms with E-state index in [0.717, 1.165) is 30.0 Å². The second-order valence-electron chi connectivity index (χ2n) is 8.05. The van der Waals surface area contributed by atoms with Crippen LogP contribution in [0.25, 0.3) is 0 Å². The molecule has 4 heterocycles. The van der Waals surface area contributed by atoms with Crippen LogP contribution in [0.1, 0.15) is 29.8 Å². The molecule has 0 saturated carbocycles. The average molecular weight is 428 g/mol. The summed E-state index contributed by atoms with van der Waals surface area (Å²) >= 11 is 1.65. The summed E-state index contributed by atoms with van der Waals surface area (Å²) in [5.41, 5.74) is 0.983. The summed E-state index contributed by atoms with van der Waals surface area (Å²) in [6.45, 7) is 2.72. The number of pyridine rings is 1. The summed E-state index contributed by atoms with van der Waals surface area (Å²) in [5.74, 6) is 0.150. The molecule has 2 saturated heterocycles. The van der Waals surface area contributed by atoms with Crippen molar-refractivity contribution in [3.8, 4) is 0 Å². The second-order valence-corrected chi connectivity index (χ2v) is 9.08. The molecular weight excluding hydrogens is 398 g/mol. The van der Waals surface area contributed by atoms with Crippen molar-refractivity contribution in [3.05, 3.63) is 52.5 Å². The number of likely N-dealkylation sites (tertiary alicyclic amines) is 1. The number of nitrogens with one attached hydrogen (secondary N) is 2. The number of fused-ring (bicyclic) bond motifs is 1. The van der Waals surface area contributed by atoms with Gasteiger partial charge in [-0.15, -0.1) is 11.3 Å².